The lowest BCUT2D eigenvalue weighted by Crippen LogP contribution is -2.50. The number of nitrogens with zero attached hydrogens (tertiary/aromatic N) is 2. The summed E-state index contributed by atoms with van der Waals surface area (Å²) in [5.74, 6) is -0.177. The lowest BCUT2D eigenvalue weighted by atomic mass is 10.2. The Labute approximate surface area is 134 Å². The number of amides is 2. The van der Waals surface area contributed by atoms with E-state index in [4.69, 9.17) is 0 Å². The molecule has 1 saturated heterocycles. The van der Waals surface area contributed by atoms with E-state index in [1.165, 1.54) is 18.2 Å². The highest BCUT2D eigenvalue weighted by atomic mass is 16.3. The van der Waals surface area contributed by atoms with E-state index in [9.17, 15) is 15.0 Å². The quantitative estimate of drug-likeness (QED) is 0.796. The summed E-state index contributed by atoms with van der Waals surface area (Å²) in [4.78, 5) is 16.2. The predicted octanol–water partition coefficient (Wildman–Crippen LogP) is 2.45. The van der Waals surface area contributed by atoms with Gasteiger partial charge >= 0.3 is 6.03 Å². The van der Waals surface area contributed by atoms with Gasteiger partial charge in [0.2, 0.25) is 0 Å². The molecule has 0 atom stereocenters. The molecule has 1 fully saturated rings. The molecule has 2 aromatic rings. The van der Waals surface area contributed by atoms with E-state index in [-0.39, 0.29) is 17.5 Å². The molecular formula is C17H19N3O3. The number of benzene rings is 2. The molecule has 0 aromatic heterocycles. The smallest absolute Gasteiger partial charge is 0.321 e. The van der Waals surface area contributed by atoms with Crippen LogP contribution in [-0.2, 0) is 0 Å². The van der Waals surface area contributed by atoms with E-state index in [2.05, 4.69) is 22.3 Å². The topological polar surface area (TPSA) is 76.0 Å². The van der Waals surface area contributed by atoms with Crippen molar-refractivity contribution in [3.63, 3.8) is 0 Å². The van der Waals surface area contributed by atoms with Gasteiger partial charge in [0.1, 0.15) is 11.5 Å². The third-order valence-corrected chi connectivity index (χ3v) is 3.84. The number of carbonyl (C=O) groups excluding carboxylic acids is 1. The van der Waals surface area contributed by atoms with Crippen LogP contribution in [0.2, 0.25) is 0 Å². The molecule has 0 unspecified atom stereocenters. The van der Waals surface area contributed by atoms with Crippen molar-refractivity contribution in [2.24, 2.45) is 0 Å². The van der Waals surface area contributed by atoms with Crippen LogP contribution in [0.5, 0.6) is 11.5 Å². The Bertz CT molecular complexity index is 662. The average Bonchev–Trinajstić information content (AvgIpc) is 2.55. The van der Waals surface area contributed by atoms with Gasteiger partial charge in [-0.25, -0.2) is 4.79 Å². The van der Waals surface area contributed by atoms with E-state index in [0.717, 1.165) is 18.8 Å². The van der Waals surface area contributed by atoms with Gasteiger partial charge in [0.25, 0.3) is 0 Å². The molecule has 1 heterocycles. The summed E-state index contributed by atoms with van der Waals surface area (Å²) >= 11 is 0. The lowest BCUT2D eigenvalue weighted by Gasteiger charge is -2.36. The fraction of sp³-hybridized carbons (Fsp3) is 0.235. The molecule has 2 aromatic carbocycles. The fourth-order valence-electron chi connectivity index (χ4n) is 2.68. The Balaban J connectivity index is 1.58. The van der Waals surface area contributed by atoms with Crippen molar-refractivity contribution in [3.8, 4) is 11.5 Å². The van der Waals surface area contributed by atoms with Crippen molar-refractivity contribution in [1.82, 2.24) is 4.90 Å². The second kappa shape index (κ2) is 6.48. The van der Waals surface area contributed by atoms with Crippen LogP contribution in [0.4, 0.5) is 16.2 Å². The molecule has 0 radical (unpaired) electrons. The number of anilines is 2. The summed E-state index contributed by atoms with van der Waals surface area (Å²) in [5.41, 5.74) is 1.53. The van der Waals surface area contributed by atoms with E-state index < -0.39 is 0 Å². The van der Waals surface area contributed by atoms with Gasteiger partial charge in [-0.3, -0.25) is 0 Å². The summed E-state index contributed by atoms with van der Waals surface area (Å²) in [5, 5.41) is 21.6. The molecule has 6 heteroatoms. The van der Waals surface area contributed by atoms with Gasteiger partial charge in [0.15, 0.2) is 0 Å². The maximum Gasteiger partial charge on any atom is 0.321 e. The highest BCUT2D eigenvalue weighted by Crippen LogP contribution is 2.24. The first-order chi connectivity index (χ1) is 11.1. The minimum absolute atomic E-state index is 0.0887. The zero-order valence-corrected chi connectivity index (χ0v) is 12.6. The predicted molar refractivity (Wildman–Crippen MR) is 89.0 cm³/mol. The average molecular weight is 313 g/mol. The largest absolute Gasteiger partial charge is 0.508 e. The maximum absolute atomic E-state index is 12.3. The number of hydrogen-bond donors (Lipinski definition) is 3. The second-order valence-corrected chi connectivity index (χ2v) is 5.48. The minimum atomic E-state index is -0.234. The number of nitrogens with one attached hydrogen (secondary N) is 1. The van der Waals surface area contributed by atoms with Crippen LogP contribution in [0.25, 0.3) is 0 Å². The van der Waals surface area contributed by atoms with Crippen molar-refractivity contribution in [1.29, 1.82) is 0 Å². The summed E-state index contributed by atoms with van der Waals surface area (Å²) in [7, 11) is 0. The van der Waals surface area contributed by atoms with Crippen LogP contribution in [-0.4, -0.2) is 47.3 Å². The molecule has 6 nitrogen and oxygen atoms in total. The highest BCUT2D eigenvalue weighted by Gasteiger charge is 2.21. The third-order valence-electron chi connectivity index (χ3n) is 3.84. The highest BCUT2D eigenvalue weighted by molar-refractivity contribution is 5.90. The number of urea groups is 1. The van der Waals surface area contributed by atoms with Gasteiger partial charge in [-0.1, -0.05) is 18.2 Å². The number of phenols is 2. The molecule has 1 aliphatic heterocycles. The van der Waals surface area contributed by atoms with Gasteiger partial charge in [-0.15, -0.1) is 0 Å². The molecule has 0 spiro atoms. The van der Waals surface area contributed by atoms with Crippen LogP contribution in [0, 0.1) is 0 Å². The van der Waals surface area contributed by atoms with Gasteiger partial charge < -0.3 is 25.3 Å². The third kappa shape index (κ3) is 3.66. The van der Waals surface area contributed by atoms with E-state index in [0.29, 0.717) is 18.8 Å². The Kier molecular flexibility index (Phi) is 4.23. The van der Waals surface area contributed by atoms with Gasteiger partial charge in [-0.05, 0) is 12.1 Å². The number of rotatable bonds is 2. The minimum Gasteiger partial charge on any atom is -0.508 e. The van der Waals surface area contributed by atoms with Crippen LogP contribution in [0.1, 0.15) is 0 Å². The number of piperazine rings is 1. The van der Waals surface area contributed by atoms with Gasteiger partial charge in [0, 0.05) is 55.8 Å². The number of hydrogen-bond acceptors (Lipinski definition) is 4. The molecular weight excluding hydrogens is 294 g/mol. The molecule has 23 heavy (non-hydrogen) atoms. The normalized spacial score (nSPS) is 14.6. The zero-order valence-electron chi connectivity index (χ0n) is 12.6. The number of carbonyl (C=O) groups is 1. The zero-order chi connectivity index (χ0) is 16.2. The van der Waals surface area contributed by atoms with Crippen molar-refractivity contribution < 1.29 is 15.0 Å². The number of aromatic hydroxyl groups is 2. The molecule has 0 saturated carbocycles. The Hall–Kier alpha value is -2.89. The Morgan fingerprint density at radius 1 is 0.913 bits per heavy atom. The van der Waals surface area contributed by atoms with E-state index in [1.807, 2.05) is 18.2 Å². The summed E-state index contributed by atoms with van der Waals surface area (Å²) < 4.78 is 0. The molecule has 3 rings (SSSR count). The Morgan fingerprint density at radius 2 is 1.52 bits per heavy atom. The summed E-state index contributed by atoms with van der Waals surface area (Å²) in [6.45, 7) is 2.77. The van der Waals surface area contributed by atoms with Crippen LogP contribution in [0.15, 0.2) is 48.5 Å². The standard InChI is InChI=1S/C17H19N3O3/c21-15-10-13(11-16(22)12-15)18-17(23)20-8-6-19(7-9-20)14-4-2-1-3-5-14/h1-5,10-12,21-22H,6-9H2,(H,18,23). The van der Waals surface area contributed by atoms with Crippen molar-refractivity contribution in [2.45, 2.75) is 0 Å². The first-order valence-corrected chi connectivity index (χ1v) is 7.51. The maximum atomic E-state index is 12.3. The van der Waals surface area contributed by atoms with Crippen molar-refractivity contribution >= 4 is 17.4 Å². The SMILES string of the molecule is O=C(Nc1cc(O)cc(O)c1)N1CCN(c2ccccc2)CC1. The molecule has 1 aliphatic rings. The lowest BCUT2D eigenvalue weighted by molar-refractivity contribution is 0.208. The van der Waals surface area contributed by atoms with Gasteiger partial charge in [-0.2, -0.15) is 0 Å². The molecule has 0 aliphatic carbocycles. The fourth-order valence-corrected chi connectivity index (χ4v) is 2.68. The first-order valence-electron chi connectivity index (χ1n) is 7.51. The van der Waals surface area contributed by atoms with Crippen LogP contribution < -0.4 is 10.2 Å². The van der Waals surface area contributed by atoms with E-state index in [1.54, 1.807) is 4.90 Å². The second-order valence-electron chi connectivity index (χ2n) is 5.48. The van der Waals surface area contributed by atoms with E-state index >= 15 is 0 Å². The molecule has 120 valence electrons. The molecule has 3 N–H and O–H groups in total. The monoisotopic (exact) mass is 313 g/mol. The summed E-state index contributed by atoms with van der Waals surface area (Å²) in [6.07, 6.45) is 0. The Morgan fingerprint density at radius 3 is 2.13 bits per heavy atom. The van der Waals surface area contributed by atoms with Gasteiger partial charge in [0.05, 0.1) is 0 Å². The number of para-hydroxylation sites is 1. The number of phenolic OH excluding ortho intramolecular Hbond substituents is 2. The van der Waals surface area contributed by atoms with Crippen LogP contribution >= 0.6 is 0 Å². The summed E-state index contributed by atoms with van der Waals surface area (Å²) in [6, 6.07) is 13.9. The van der Waals surface area contributed by atoms with Crippen molar-refractivity contribution in [2.75, 3.05) is 36.4 Å². The molecule has 2 amide bonds. The molecule has 0 bridgehead atoms. The van der Waals surface area contributed by atoms with Crippen LogP contribution in [0.3, 0.4) is 0 Å². The van der Waals surface area contributed by atoms with Crippen molar-refractivity contribution in [3.05, 3.63) is 48.5 Å². The first kappa shape index (κ1) is 15.0.